The van der Waals surface area contributed by atoms with Gasteiger partial charge in [0.1, 0.15) is 4.58 Å². The molecule has 0 spiro atoms. The Morgan fingerprint density at radius 2 is 1.81 bits per heavy atom. The van der Waals surface area contributed by atoms with Gasteiger partial charge in [0, 0.05) is 16.3 Å². The fraction of sp³-hybridized carbons (Fsp3) is 0.619. The molecule has 3 rings (SSSR count). The van der Waals surface area contributed by atoms with Crippen LogP contribution in [0.3, 0.4) is 0 Å². The lowest BCUT2D eigenvalue weighted by atomic mass is 9.87. The number of rotatable bonds is 7. The van der Waals surface area contributed by atoms with Crippen LogP contribution in [-0.2, 0) is 14.9 Å². The number of carbonyl (C=O) groups is 1. The molecule has 2 unspecified atom stereocenters. The standard InChI is InChI=1S/C21H29NO2S3/c1-5-6-7-8-9-12-22-18(23)17(24-20(22)25)19-26-15-11-10-14(21(2,3)4)13-16(15)27-19/h10-11,13,17,19H,5-9,12H2,1-4H3. The highest BCUT2D eigenvalue weighted by Gasteiger charge is 2.45. The van der Waals surface area contributed by atoms with E-state index in [-0.39, 0.29) is 15.9 Å². The van der Waals surface area contributed by atoms with Gasteiger partial charge < -0.3 is 4.74 Å². The van der Waals surface area contributed by atoms with Crippen LogP contribution in [0.1, 0.15) is 65.4 Å². The quantitative estimate of drug-likeness (QED) is 0.397. The molecule has 0 aliphatic carbocycles. The average molecular weight is 424 g/mol. The number of hydrogen-bond acceptors (Lipinski definition) is 5. The molecule has 0 bridgehead atoms. The van der Waals surface area contributed by atoms with E-state index in [0.29, 0.717) is 11.7 Å². The lowest BCUT2D eigenvalue weighted by Gasteiger charge is -2.19. The van der Waals surface area contributed by atoms with Crippen LogP contribution >= 0.6 is 35.7 Å². The van der Waals surface area contributed by atoms with Gasteiger partial charge in [-0.05, 0) is 41.7 Å². The number of benzene rings is 1. The summed E-state index contributed by atoms with van der Waals surface area (Å²) in [5, 5.41) is 0.355. The van der Waals surface area contributed by atoms with Gasteiger partial charge in [-0.25, -0.2) is 0 Å². The Balaban J connectivity index is 1.61. The number of amides is 1. The third-order valence-electron chi connectivity index (χ3n) is 4.99. The van der Waals surface area contributed by atoms with E-state index in [1.807, 2.05) is 0 Å². The van der Waals surface area contributed by atoms with Gasteiger partial charge in [-0.15, -0.1) is 23.5 Å². The van der Waals surface area contributed by atoms with Crippen LogP contribution in [0.5, 0.6) is 0 Å². The molecule has 2 aliphatic rings. The minimum Gasteiger partial charge on any atom is -0.455 e. The van der Waals surface area contributed by atoms with Gasteiger partial charge in [0.25, 0.3) is 11.1 Å². The first kappa shape index (κ1) is 21.0. The van der Waals surface area contributed by atoms with Crippen molar-refractivity contribution in [3.05, 3.63) is 23.8 Å². The second kappa shape index (κ2) is 8.75. The molecule has 1 saturated heterocycles. The largest absolute Gasteiger partial charge is 0.455 e. The molecule has 148 valence electrons. The van der Waals surface area contributed by atoms with E-state index in [2.05, 4.69) is 45.9 Å². The number of ether oxygens (including phenoxy) is 1. The highest BCUT2D eigenvalue weighted by Crippen LogP contribution is 2.51. The number of thioether (sulfide) groups is 2. The number of fused-ring (bicyclic) bond motifs is 1. The molecular formula is C21H29NO2S3. The second-order valence-electron chi connectivity index (χ2n) is 8.22. The van der Waals surface area contributed by atoms with Crippen molar-refractivity contribution >= 4 is 46.8 Å². The van der Waals surface area contributed by atoms with E-state index in [1.165, 1.54) is 34.6 Å². The van der Waals surface area contributed by atoms with E-state index in [0.717, 1.165) is 12.8 Å². The lowest BCUT2D eigenvalue weighted by molar-refractivity contribution is -0.129. The average Bonchev–Trinajstić information content (AvgIpc) is 3.15. The predicted octanol–water partition coefficient (Wildman–Crippen LogP) is 5.99. The highest BCUT2D eigenvalue weighted by atomic mass is 32.2. The van der Waals surface area contributed by atoms with Gasteiger partial charge >= 0.3 is 0 Å². The minimum atomic E-state index is -0.478. The molecule has 6 heteroatoms. The molecule has 2 aliphatic heterocycles. The van der Waals surface area contributed by atoms with Crippen molar-refractivity contribution < 1.29 is 9.53 Å². The molecular weight excluding hydrogens is 394 g/mol. The maximum absolute atomic E-state index is 12.9. The SMILES string of the molecule is CCCCCCCN1C(=O)C(C2Sc3ccc(C(C)(C)C)cc3S2)OC1=S. The van der Waals surface area contributed by atoms with Gasteiger partial charge in [-0.3, -0.25) is 9.69 Å². The molecule has 0 N–H and O–H groups in total. The molecule has 2 heterocycles. The van der Waals surface area contributed by atoms with Crippen LogP contribution in [0.25, 0.3) is 0 Å². The summed E-state index contributed by atoms with van der Waals surface area (Å²) in [6.45, 7) is 9.55. The number of unbranched alkanes of at least 4 members (excludes halogenated alkanes) is 4. The van der Waals surface area contributed by atoms with Crippen molar-refractivity contribution in [3.8, 4) is 0 Å². The van der Waals surface area contributed by atoms with Crippen molar-refractivity contribution in [2.24, 2.45) is 0 Å². The smallest absolute Gasteiger partial charge is 0.273 e. The number of hydrogen-bond donors (Lipinski definition) is 0. The fourth-order valence-electron chi connectivity index (χ4n) is 3.28. The summed E-state index contributed by atoms with van der Waals surface area (Å²) < 4.78 is 5.88. The van der Waals surface area contributed by atoms with E-state index < -0.39 is 6.10 Å². The summed E-state index contributed by atoms with van der Waals surface area (Å²) in [5.74, 6) is 0.0318. The first-order valence-corrected chi connectivity index (χ1v) is 12.0. The van der Waals surface area contributed by atoms with Crippen LogP contribution in [0.4, 0.5) is 0 Å². The summed E-state index contributed by atoms with van der Waals surface area (Å²) in [6, 6.07) is 6.63. The van der Waals surface area contributed by atoms with Gasteiger partial charge in [0.2, 0.25) is 6.10 Å². The summed E-state index contributed by atoms with van der Waals surface area (Å²) in [7, 11) is 0. The van der Waals surface area contributed by atoms with Gasteiger partial charge in [0.05, 0.1) is 0 Å². The third-order valence-corrected chi connectivity index (χ3v) is 8.17. The number of nitrogens with zero attached hydrogens (tertiary/aromatic N) is 1. The van der Waals surface area contributed by atoms with Crippen LogP contribution in [0, 0.1) is 0 Å². The topological polar surface area (TPSA) is 29.5 Å². The molecule has 0 radical (unpaired) electrons. The van der Waals surface area contributed by atoms with Crippen LogP contribution in [-0.4, -0.2) is 33.2 Å². The zero-order valence-corrected chi connectivity index (χ0v) is 19.1. The van der Waals surface area contributed by atoms with Crippen molar-refractivity contribution in [1.82, 2.24) is 4.90 Å². The van der Waals surface area contributed by atoms with E-state index >= 15 is 0 Å². The Kier molecular flexibility index (Phi) is 6.80. The number of carbonyl (C=O) groups excluding carboxylic acids is 1. The molecule has 1 fully saturated rings. The third kappa shape index (κ3) is 4.83. The van der Waals surface area contributed by atoms with Gasteiger partial charge in [-0.2, -0.15) is 0 Å². The maximum Gasteiger partial charge on any atom is 0.273 e. The van der Waals surface area contributed by atoms with Gasteiger partial charge in [0.15, 0.2) is 0 Å². The first-order valence-electron chi connectivity index (χ1n) is 9.81. The zero-order chi connectivity index (χ0) is 19.6. The monoisotopic (exact) mass is 423 g/mol. The second-order valence-corrected chi connectivity index (χ2v) is 11.2. The summed E-state index contributed by atoms with van der Waals surface area (Å²) in [4.78, 5) is 17.0. The Morgan fingerprint density at radius 3 is 2.52 bits per heavy atom. The lowest BCUT2D eigenvalue weighted by Crippen LogP contribution is -2.35. The maximum atomic E-state index is 12.9. The molecule has 27 heavy (non-hydrogen) atoms. The molecule has 2 atom stereocenters. The Morgan fingerprint density at radius 1 is 1.11 bits per heavy atom. The van der Waals surface area contributed by atoms with Crippen LogP contribution in [0.15, 0.2) is 28.0 Å². The zero-order valence-electron chi connectivity index (χ0n) is 16.6. The molecule has 3 nitrogen and oxygen atoms in total. The summed E-state index contributed by atoms with van der Waals surface area (Å²) in [6.07, 6.45) is 5.34. The Bertz CT molecular complexity index is 714. The Labute approximate surface area is 177 Å². The van der Waals surface area contributed by atoms with E-state index in [9.17, 15) is 4.79 Å². The molecule has 1 amide bonds. The van der Waals surface area contributed by atoms with Crippen LogP contribution < -0.4 is 0 Å². The normalized spacial score (nSPS) is 22.3. The minimum absolute atomic E-state index is 0.0318. The van der Waals surface area contributed by atoms with Crippen LogP contribution in [0.2, 0.25) is 0 Å². The first-order chi connectivity index (χ1) is 12.8. The molecule has 0 aromatic heterocycles. The number of thiocarbonyl (C=S) groups is 1. The van der Waals surface area contributed by atoms with E-state index in [4.69, 9.17) is 17.0 Å². The Hall–Kier alpha value is -0.720. The van der Waals surface area contributed by atoms with Crippen molar-refractivity contribution in [2.75, 3.05) is 6.54 Å². The fourth-order valence-corrected chi connectivity index (χ4v) is 6.46. The molecule has 1 aromatic carbocycles. The highest BCUT2D eigenvalue weighted by molar-refractivity contribution is 8.19. The molecule has 0 saturated carbocycles. The van der Waals surface area contributed by atoms with E-state index in [1.54, 1.807) is 28.4 Å². The van der Waals surface area contributed by atoms with Gasteiger partial charge in [-0.1, -0.05) is 59.4 Å². The van der Waals surface area contributed by atoms with Crippen molar-refractivity contribution in [1.29, 1.82) is 0 Å². The summed E-state index contributed by atoms with van der Waals surface area (Å²) in [5.41, 5.74) is 1.44. The van der Waals surface area contributed by atoms with Crippen molar-refractivity contribution in [3.63, 3.8) is 0 Å². The predicted molar refractivity (Wildman–Crippen MR) is 119 cm³/mol. The summed E-state index contributed by atoms with van der Waals surface area (Å²) >= 11 is 8.81. The molecule has 1 aromatic rings. The van der Waals surface area contributed by atoms with Crippen molar-refractivity contribution in [2.45, 2.75) is 85.7 Å².